The van der Waals surface area contributed by atoms with E-state index in [4.69, 9.17) is 5.11 Å². The predicted molar refractivity (Wildman–Crippen MR) is 67.3 cm³/mol. The zero-order valence-corrected chi connectivity index (χ0v) is 10.2. The second-order valence-corrected chi connectivity index (χ2v) is 5.36. The molecule has 0 aliphatic rings. The molecule has 0 amide bonds. The molecule has 1 N–H and O–H groups in total. The Kier molecular flexibility index (Phi) is 2.97. The maximum absolute atomic E-state index is 10.6. The van der Waals surface area contributed by atoms with E-state index in [1.165, 1.54) is 9.58 Å². The molecule has 2 nitrogen and oxygen atoms in total. The van der Waals surface area contributed by atoms with Crippen LogP contribution in [0.15, 0.2) is 24.3 Å². The van der Waals surface area contributed by atoms with Gasteiger partial charge in [0, 0.05) is 9.58 Å². The zero-order valence-electron chi connectivity index (χ0n) is 9.36. The third kappa shape index (κ3) is 2.25. The van der Waals surface area contributed by atoms with Crippen LogP contribution in [0.5, 0.6) is 0 Å². The highest BCUT2D eigenvalue weighted by atomic mass is 32.1. The molecule has 1 heterocycles. The van der Waals surface area contributed by atoms with Crippen molar-refractivity contribution in [2.24, 2.45) is 0 Å². The highest BCUT2D eigenvalue weighted by molar-refractivity contribution is 7.19. The summed E-state index contributed by atoms with van der Waals surface area (Å²) in [6.45, 7) is 4.34. The van der Waals surface area contributed by atoms with Gasteiger partial charge in [0.05, 0.1) is 6.42 Å². The molecule has 0 saturated heterocycles. The lowest BCUT2D eigenvalue weighted by atomic mass is 10.1. The molecule has 0 atom stereocenters. The fourth-order valence-electron chi connectivity index (χ4n) is 1.68. The summed E-state index contributed by atoms with van der Waals surface area (Å²) in [5, 5.41) is 9.89. The summed E-state index contributed by atoms with van der Waals surface area (Å²) in [6.07, 6.45) is 0.1000. The van der Waals surface area contributed by atoms with Crippen molar-refractivity contribution in [1.29, 1.82) is 0 Å². The van der Waals surface area contributed by atoms with Crippen molar-refractivity contribution in [2.75, 3.05) is 0 Å². The molecule has 2 rings (SSSR count). The van der Waals surface area contributed by atoms with Gasteiger partial charge in [-0.15, -0.1) is 11.3 Å². The Hall–Kier alpha value is -1.35. The van der Waals surface area contributed by atoms with Gasteiger partial charge in [0.2, 0.25) is 0 Å². The molecule has 0 spiro atoms. The summed E-state index contributed by atoms with van der Waals surface area (Å²) in [7, 11) is 0. The topological polar surface area (TPSA) is 37.3 Å². The molecule has 0 bridgehead atoms. The highest BCUT2D eigenvalue weighted by Crippen LogP contribution is 2.31. The molecular formula is C13H14O2S. The van der Waals surface area contributed by atoms with Gasteiger partial charge in [-0.05, 0) is 35.1 Å². The van der Waals surface area contributed by atoms with Gasteiger partial charge >= 0.3 is 5.97 Å². The molecule has 0 fully saturated rings. The normalized spacial score (nSPS) is 11.2. The van der Waals surface area contributed by atoms with E-state index in [-0.39, 0.29) is 6.42 Å². The smallest absolute Gasteiger partial charge is 0.307 e. The first-order valence-electron chi connectivity index (χ1n) is 5.30. The van der Waals surface area contributed by atoms with Gasteiger partial charge in [-0.2, -0.15) is 0 Å². The minimum absolute atomic E-state index is 0.1000. The molecule has 0 unspecified atom stereocenters. The van der Waals surface area contributed by atoms with Crippen molar-refractivity contribution >= 4 is 27.4 Å². The van der Waals surface area contributed by atoms with E-state index in [2.05, 4.69) is 19.9 Å². The van der Waals surface area contributed by atoms with Crippen LogP contribution in [0.25, 0.3) is 10.1 Å². The summed E-state index contributed by atoms with van der Waals surface area (Å²) < 4.78 is 1.23. The Balaban J connectivity index is 2.41. The number of hydrogen-bond donors (Lipinski definition) is 1. The van der Waals surface area contributed by atoms with Crippen molar-refractivity contribution in [3.8, 4) is 0 Å². The van der Waals surface area contributed by atoms with Gasteiger partial charge < -0.3 is 5.11 Å². The Morgan fingerprint density at radius 2 is 2.12 bits per heavy atom. The molecule has 1 aromatic heterocycles. The maximum Gasteiger partial charge on any atom is 0.307 e. The van der Waals surface area contributed by atoms with Crippen LogP contribution in [-0.2, 0) is 11.2 Å². The van der Waals surface area contributed by atoms with Crippen molar-refractivity contribution in [1.82, 2.24) is 0 Å². The van der Waals surface area contributed by atoms with Crippen LogP contribution in [0.3, 0.4) is 0 Å². The van der Waals surface area contributed by atoms with Crippen LogP contribution in [-0.4, -0.2) is 11.1 Å². The minimum atomic E-state index is -0.779. The molecule has 16 heavy (non-hydrogen) atoms. The van der Waals surface area contributed by atoms with Gasteiger partial charge in [-0.1, -0.05) is 19.9 Å². The number of carboxylic acid groups (broad SMARTS) is 1. The van der Waals surface area contributed by atoms with Crippen LogP contribution >= 0.6 is 11.3 Å². The molecular weight excluding hydrogens is 220 g/mol. The number of rotatable bonds is 3. The Morgan fingerprint density at radius 1 is 1.38 bits per heavy atom. The molecule has 3 heteroatoms. The van der Waals surface area contributed by atoms with Crippen molar-refractivity contribution < 1.29 is 9.90 Å². The van der Waals surface area contributed by atoms with E-state index < -0.39 is 5.97 Å². The fraction of sp³-hybridized carbons (Fsp3) is 0.308. The lowest BCUT2D eigenvalue weighted by Crippen LogP contribution is -1.99. The van der Waals surface area contributed by atoms with Crippen LogP contribution in [0.2, 0.25) is 0 Å². The number of thiophene rings is 1. The third-order valence-corrected chi connectivity index (χ3v) is 3.94. The largest absolute Gasteiger partial charge is 0.481 e. The van der Waals surface area contributed by atoms with Gasteiger partial charge in [0.1, 0.15) is 0 Å². The Bertz CT molecular complexity index is 526. The molecule has 0 aliphatic carbocycles. The summed E-state index contributed by atoms with van der Waals surface area (Å²) >= 11 is 1.79. The predicted octanol–water partition coefficient (Wildman–Crippen LogP) is 3.65. The van der Waals surface area contributed by atoms with Crippen LogP contribution < -0.4 is 0 Å². The number of carbonyl (C=O) groups is 1. The van der Waals surface area contributed by atoms with Crippen LogP contribution in [0.4, 0.5) is 0 Å². The molecule has 0 aliphatic heterocycles. The summed E-state index contributed by atoms with van der Waals surface area (Å²) in [5.41, 5.74) is 0.869. The average Bonchev–Trinajstić information content (AvgIpc) is 2.59. The lowest BCUT2D eigenvalue weighted by molar-refractivity contribution is -0.136. The van der Waals surface area contributed by atoms with Gasteiger partial charge in [0.15, 0.2) is 0 Å². The molecule has 0 radical (unpaired) electrons. The molecule has 0 saturated carbocycles. The highest BCUT2D eigenvalue weighted by Gasteiger charge is 2.07. The van der Waals surface area contributed by atoms with E-state index in [0.29, 0.717) is 5.92 Å². The number of benzene rings is 1. The summed E-state index contributed by atoms with van der Waals surface area (Å²) in [4.78, 5) is 12.0. The van der Waals surface area contributed by atoms with E-state index in [1.807, 2.05) is 18.2 Å². The third-order valence-electron chi connectivity index (χ3n) is 2.52. The fourth-order valence-corrected chi connectivity index (χ4v) is 2.73. The molecule has 84 valence electrons. The van der Waals surface area contributed by atoms with E-state index in [1.54, 1.807) is 11.3 Å². The van der Waals surface area contributed by atoms with Crippen molar-refractivity contribution in [2.45, 2.75) is 26.2 Å². The molecule has 2 aromatic rings. The number of carboxylic acids is 1. The minimum Gasteiger partial charge on any atom is -0.481 e. The van der Waals surface area contributed by atoms with Crippen molar-refractivity contribution in [3.63, 3.8) is 0 Å². The first-order valence-corrected chi connectivity index (χ1v) is 6.12. The maximum atomic E-state index is 10.6. The van der Waals surface area contributed by atoms with E-state index in [9.17, 15) is 4.79 Å². The standard InChI is InChI=1S/C13H14O2S/c1-8(2)12-7-10-5-9(6-13(14)15)3-4-11(10)16-12/h3-5,7-8H,6H2,1-2H3,(H,14,15). The summed E-state index contributed by atoms with van der Waals surface area (Å²) in [6, 6.07) is 8.06. The Labute approximate surface area is 98.5 Å². The van der Waals surface area contributed by atoms with Crippen LogP contribution in [0.1, 0.15) is 30.2 Å². The van der Waals surface area contributed by atoms with Crippen molar-refractivity contribution in [3.05, 3.63) is 34.7 Å². The SMILES string of the molecule is CC(C)c1cc2cc(CC(=O)O)ccc2s1. The number of fused-ring (bicyclic) bond motifs is 1. The van der Waals surface area contributed by atoms with Gasteiger partial charge in [0.25, 0.3) is 0 Å². The zero-order chi connectivity index (χ0) is 11.7. The van der Waals surface area contributed by atoms with E-state index >= 15 is 0 Å². The number of hydrogen-bond acceptors (Lipinski definition) is 2. The second-order valence-electron chi connectivity index (χ2n) is 4.25. The lowest BCUT2D eigenvalue weighted by Gasteiger charge is -1.96. The summed E-state index contributed by atoms with van der Waals surface area (Å²) in [5.74, 6) is -0.251. The first kappa shape index (κ1) is 11.1. The monoisotopic (exact) mass is 234 g/mol. The van der Waals surface area contributed by atoms with E-state index in [0.717, 1.165) is 10.9 Å². The average molecular weight is 234 g/mol. The quantitative estimate of drug-likeness (QED) is 0.880. The second kappa shape index (κ2) is 4.26. The Morgan fingerprint density at radius 3 is 2.75 bits per heavy atom. The molecule has 1 aromatic carbocycles. The van der Waals surface area contributed by atoms with Gasteiger partial charge in [-0.3, -0.25) is 4.79 Å². The van der Waals surface area contributed by atoms with Crippen LogP contribution in [0, 0.1) is 0 Å². The first-order chi connectivity index (χ1) is 7.56. The number of aliphatic carboxylic acids is 1. The van der Waals surface area contributed by atoms with Gasteiger partial charge in [-0.25, -0.2) is 0 Å².